The highest BCUT2D eigenvalue weighted by Crippen LogP contribution is 2.42. The molecule has 0 aliphatic heterocycles. The molecule has 4 aliphatic carbocycles. The molecule has 14 heteroatoms. The lowest BCUT2D eigenvalue weighted by Crippen LogP contribution is -2.42. The van der Waals surface area contributed by atoms with Crippen molar-refractivity contribution in [3.63, 3.8) is 0 Å². The van der Waals surface area contributed by atoms with Gasteiger partial charge in [0.15, 0.2) is 0 Å². The first-order valence-electron chi connectivity index (χ1n) is 29.4. The smallest absolute Gasteiger partial charge is 0.273 e. The fourth-order valence-corrected chi connectivity index (χ4v) is 14.4. The van der Waals surface area contributed by atoms with Crippen LogP contribution in [-0.2, 0) is 14.3 Å². The number of nitrogens with zero attached hydrogens (tertiary/aromatic N) is 4. The zero-order valence-electron chi connectivity index (χ0n) is 48.2. The number of carbonyl (C=O) groups is 2. The van der Waals surface area contributed by atoms with E-state index in [0.717, 1.165) is 153 Å². The van der Waals surface area contributed by atoms with E-state index in [4.69, 9.17) is 23.7 Å². The zero-order chi connectivity index (χ0) is 56.1. The summed E-state index contributed by atoms with van der Waals surface area (Å²) in [6.45, 7) is 8.53. The molecule has 2 aromatic heterocycles. The number of aliphatic hydroxyl groups excluding tert-OH is 1. The number of aliphatic hydroxyl groups is 1. The minimum Gasteiger partial charge on any atom is -0.496 e. The van der Waals surface area contributed by atoms with Crippen LogP contribution in [0.15, 0.2) is 97.3 Å². The predicted octanol–water partition coefficient (Wildman–Crippen LogP) is 15.0. The molecule has 4 saturated carbocycles. The summed E-state index contributed by atoms with van der Waals surface area (Å²) in [4.78, 5) is 43.0. The second-order valence-corrected chi connectivity index (χ2v) is 24.7. The molecule has 1 N–H and O–H groups in total. The Morgan fingerprint density at radius 2 is 0.963 bits per heavy atom. The molecule has 0 radical (unpaired) electrons. The molecular weight excluding hydrogens is 1040 g/mol. The van der Waals surface area contributed by atoms with Crippen molar-refractivity contribution in [2.24, 2.45) is 23.7 Å². The highest BCUT2D eigenvalue weighted by molar-refractivity contribution is 7.17. The summed E-state index contributed by atoms with van der Waals surface area (Å²) in [5.41, 5.74) is 9.24. The Morgan fingerprint density at radius 1 is 0.537 bits per heavy atom. The number of aryl methyl sites for hydroxylation is 2. The van der Waals surface area contributed by atoms with Gasteiger partial charge in [0.2, 0.25) is 11.8 Å². The fourth-order valence-electron chi connectivity index (χ4n) is 12.9. The molecule has 0 bridgehead atoms. The largest absolute Gasteiger partial charge is 0.496 e. The quantitative estimate of drug-likeness (QED) is 0.0887. The molecule has 12 nitrogen and oxygen atoms in total. The lowest BCUT2D eigenvalue weighted by atomic mass is 9.78. The van der Waals surface area contributed by atoms with Crippen LogP contribution < -0.4 is 28.7 Å². The van der Waals surface area contributed by atoms with Crippen molar-refractivity contribution < 1.29 is 38.4 Å². The van der Waals surface area contributed by atoms with Crippen molar-refractivity contribution in [3.05, 3.63) is 120 Å². The van der Waals surface area contributed by atoms with Gasteiger partial charge in [-0.15, -0.1) is 0 Å². The fraction of sp³-hybridized carbons (Fsp3) is 0.515. The summed E-state index contributed by atoms with van der Waals surface area (Å²) in [5, 5.41) is 11.3. The summed E-state index contributed by atoms with van der Waals surface area (Å²) in [6, 6.07) is 29.9. The highest BCUT2D eigenvalue weighted by atomic mass is 32.1. The van der Waals surface area contributed by atoms with Crippen LogP contribution in [0.5, 0.6) is 21.9 Å². The third-order valence-corrected chi connectivity index (χ3v) is 19.6. The normalized spacial score (nSPS) is 23.0. The lowest BCUT2D eigenvalue weighted by Gasteiger charge is -2.36. The van der Waals surface area contributed by atoms with E-state index in [0.29, 0.717) is 53.0 Å². The monoisotopic (exact) mass is 1120 g/mol. The van der Waals surface area contributed by atoms with E-state index in [2.05, 4.69) is 115 Å². The number of rotatable bonds is 18. The van der Waals surface area contributed by atoms with Gasteiger partial charge < -0.3 is 38.6 Å². The van der Waals surface area contributed by atoms with E-state index >= 15 is 0 Å². The Morgan fingerprint density at radius 3 is 1.34 bits per heavy atom. The number of aromatic nitrogens is 2. The van der Waals surface area contributed by atoms with E-state index in [1.807, 2.05) is 23.4 Å². The van der Waals surface area contributed by atoms with Crippen molar-refractivity contribution in [1.29, 1.82) is 0 Å². The third-order valence-electron chi connectivity index (χ3n) is 17.6. The predicted molar refractivity (Wildman–Crippen MR) is 323 cm³/mol. The Hall–Kier alpha value is -5.80. The number of hydrogen-bond acceptors (Lipinski definition) is 12. The van der Waals surface area contributed by atoms with Gasteiger partial charge >= 0.3 is 0 Å². The van der Waals surface area contributed by atoms with Gasteiger partial charge in [-0.2, -0.15) is 0 Å². The van der Waals surface area contributed by atoms with Crippen molar-refractivity contribution >= 4 is 45.9 Å². The van der Waals surface area contributed by atoms with Crippen LogP contribution in [0.4, 0.5) is 11.4 Å². The number of anilines is 2. The molecule has 0 saturated heterocycles. The van der Waals surface area contributed by atoms with Crippen molar-refractivity contribution in [1.82, 2.24) is 9.97 Å². The van der Waals surface area contributed by atoms with Crippen molar-refractivity contribution in [3.8, 4) is 42.8 Å². The Labute approximate surface area is 483 Å². The molecular formula is C66H84N4O8S2. The lowest BCUT2D eigenvalue weighted by molar-refractivity contribution is -0.125. The summed E-state index contributed by atoms with van der Waals surface area (Å²) in [5.74, 6) is 4.46. The second kappa shape index (κ2) is 28.3. The van der Waals surface area contributed by atoms with Gasteiger partial charge in [0.25, 0.3) is 10.4 Å². The molecule has 80 heavy (non-hydrogen) atoms. The number of ether oxygens (including phenoxy) is 5. The molecule has 4 aliphatic rings. The van der Waals surface area contributed by atoms with Gasteiger partial charge in [0.1, 0.15) is 11.5 Å². The number of hydrogen-bond donors (Lipinski definition) is 1. The summed E-state index contributed by atoms with van der Waals surface area (Å²) < 4.78 is 27.4. The van der Waals surface area contributed by atoms with Crippen molar-refractivity contribution in [2.75, 3.05) is 57.9 Å². The van der Waals surface area contributed by atoms with E-state index in [-0.39, 0.29) is 29.8 Å². The minimum atomic E-state index is -0.274. The number of carbonyl (C=O) groups excluding carboxylic acids is 2. The standard InChI is InChI=1S/C34H44N2O4S.C32H40N2O4S/c1-5-40-30-16-13-26(14-17-30)33(37)36(29-8-6-7-28(20-29)32-21-35-34(39-4)41-32)22-24-9-11-25(12-10-24)27-15-18-31(38-3)23(2)19-27;1-21-17-25(13-16-29(21)37-2)23-9-7-22(8-10-23)20-34(31(36)24-11-14-28(35)15-12-24)27-6-4-5-26(18-27)30-19-33-32(38-3)39-30/h6-8,15,18-21,24-26,30H,5,9-14,16-17,22H2,1-4H3;4-6,13,16-19,22-24,28,35H,7-12,14-15,20H2,1-3H3. The maximum Gasteiger partial charge on any atom is 0.273 e. The Kier molecular flexibility index (Phi) is 20.8. The molecule has 0 spiro atoms. The van der Waals surface area contributed by atoms with Crippen LogP contribution >= 0.6 is 22.7 Å². The molecule has 428 valence electrons. The SMILES string of the molecule is CCOC1CCC(C(=O)N(CC2CCC(c3ccc(OC)c(C)c3)CC2)c2cccc(-c3cnc(OC)s3)c2)CC1.COc1ncc(-c2cccc(N(CC3CCC(c4ccc(OC)c(C)c4)CC3)C(=O)C3CCC(O)CC3)c2)s1. The average molecular weight is 1130 g/mol. The molecule has 2 heterocycles. The average Bonchev–Trinajstić information content (AvgIpc) is 4.20. The van der Waals surface area contributed by atoms with Gasteiger partial charge in [0, 0.05) is 55.3 Å². The molecule has 0 unspecified atom stereocenters. The number of benzene rings is 4. The van der Waals surface area contributed by atoms with Crippen LogP contribution in [0.2, 0.25) is 0 Å². The molecule has 10 rings (SSSR count). The topological polar surface area (TPSA) is 133 Å². The Bertz CT molecular complexity index is 2940. The first-order chi connectivity index (χ1) is 38.9. The Balaban J connectivity index is 0.000000194. The molecule has 4 aromatic carbocycles. The highest BCUT2D eigenvalue weighted by Gasteiger charge is 2.35. The van der Waals surface area contributed by atoms with E-state index in [9.17, 15) is 14.7 Å². The van der Waals surface area contributed by atoms with Gasteiger partial charge in [-0.05, 0) is 217 Å². The van der Waals surface area contributed by atoms with Crippen LogP contribution in [-0.4, -0.2) is 87.2 Å². The van der Waals surface area contributed by atoms with Crippen LogP contribution in [0, 0.1) is 37.5 Å². The minimum absolute atomic E-state index is 0.0285. The summed E-state index contributed by atoms with van der Waals surface area (Å²) in [7, 11) is 6.73. The van der Waals surface area contributed by atoms with Crippen molar-refractivity contribution in [2.45, 2.75) is 148 Å². The summed E-state index contributed by atoms with van der Waals surface area (Å²) in [6.07, 6.45) is 19.4. The molecule has 6 aromatic rings. The van der Waals surface area contributed by atoms with Gasteiger partial charge in [-0.1, -0.05) is 71.2 Å². The maximum atomic E-state index is 14.2. The number of thiazole rings is 2. The van der Waals surface area contributed by atoms with E-state index in [1.54, 1.807) is 28.4 Å². The van der Waals surface area contributed by atoms with Gasteiger partial charge in [-0.3, -0.25) is 9.59 Å². The van der Waals surface area contributed by atoms with Crippen LogP contribution in [0.1, 0.15) is 144 Å². The van der Waals surface area contributed by atoms with E-state index in [1.165, 1.54) is 44.9 Å². The first kappa shape index (κ1) is 58.8. The maximum absolute atomic E-state index is 14.2. The van der Waals surface area contributed by atoms with Gasteiger partial charge in [-0.25, -0.2) is 9.97 Å². The molecule has 2 amide bonds. The van der Waals surface area contributed by atoms with Crippen LogP contribution in [0.3, 0.4) is 0 Å². The number of methoxy groups -OCH3 is 4. The van der Waals surface area contributed by atoms with Gasteiger partial charge in [0.05, 0.1) is 50.4 Å². The zero-order valence-corrected chi connectivity index (χ0v) is 49.8. The summed E-state index contributed by atoms with van der Waals surface area (Å²) >= 11 is 3.03. The van der Waals surface area contributed by atoms with Crippen LogP contribution in [0.25, 0.3) is 20.9 Å². The second-order valence-electron chi connectivity index (χ2n) is 22.7. The molecule has 0 atom stereocenters. The number of amides is 2. The van der Waals surface area contributed by atoms with E-state index < -0.39 is 0 Å². The molecule has 4 fully saturated rings. The third kappa shape index (κ3) is 14.8. The first-order valence-corrected chi connectivity index (χ1v) is 31.0.